The van der Waals surface area contributed by atoms with Gasteiger partial charge in [-0.05, 0) is 60.8 Å². The van der Waals surface area contributed by atoms with Crippen molar-refractivity contribution in [3.63, 3.8) is 0 Å². The highest BCUT2D eigenvalue weighted by molar-refractivity contribution is 9.10. The van der Waals surface area contributed by atoms with Crippen LogP contribution in [0, 0.1) is 5.92 Å². The van der Waals surface area contributed by atoms with Crippen LogP contribution in [-0.2, 0) is 16.1 Å². The minimum Gasteiger partial charge on any atom is -0.493 e. The Morgan fingerprint density at radius 1 is 0.944 bits per heavy atom. The molecule has 2 fully saturated rings. The number of hydrogen-bond acceptors (Lipinski definition) is 5. The lowest BCUT2D eigenvalue weighted by Gasteiger charge is -2.30. The van der Waals surface area contributed by atoms with Crippen LogP contribution in [0.25, 0.3) is 0 Å². The van der Waals surface area contributed by atoms with Crippen LogP contribution in [0.15, 0.2) is 77.3 Å². The molecule has 2 aliphatic rings. The number of methoxy groups -OCH3 is 1. The van der Waals surface area contributed by atoms with Gasteiger partial charge < -0.3 is 19.1 Å². The molecule has 3 atom stereocenters. The summed E-state index contributed by atoms with van der Waals surface area (Å²) in [6, 6.07) is 24.1. The first-order chi connectivity index (χ1) is 17.6. The van der Waals surface area contributed by atoms with E-state index in [1.807, 2.05) is 66.7 Å². The average molecular weight is 550 g/mol. The fourth-order valence-corrected chi connectivity index (χ4v) is 5.92. The van der Waals surface area contributed by atoms with E-state index in [0.717, 1.165) is 40.8 Å². The van der Waals surface area contributed by atoms with E-state index in [2.05, 4.69) is 26.9 Å². The number of cyclic esters (lactones) is 1. The number of halogens is 1. The van der Waals surface area contributed by atoms with Crippen LogP contribution >= 0.6 is 15.9 Å². The number of likely N-dealkylation sites (tertiary alicyclic amines) is 1. The molecule has 2 saturated heterocycles. The van der Waals surface area contributed by atoms with Gasteiger partial charge in [0.25, 0.3) is 0 Å². The standard InChI is InChI=1S/C30H32BrNO4/c1-34-27-18-22(14-15-26(27)35-20-21-10-4-2-5-11-21)29-28(23-12-6-7-13-25(23)31)24(30(33)36-29)19-32-16-8-3-9-17-32/h2,4-7,10-15,18,24,28-29H,3,8-9,16-17,19-20H2,1H3/t24-,28+,29+/m0/s1. The van der Waals surface area contributed by atoms with Crippen molar-refractivity contribution in [1.82, 2.24) is 4.90 Å². The predicted octanol–water partition coefficient (Wildman–Crippen LogP) is 6.52. The van der Waals surface area contributed by atoms with E-state index >= 15 is 0 Å². The molecule has 0 bridgehead atoms. The fraction of sp³-hybridized carbons (Fsp3) is 0.367. The number of carbonyl (C=O) groups is 1. The minimum atomic E-state index is -0.400. The van der Waals surface area contributed by atoms with Crippen LogP contribution in [-0.4, -0.2) is 37.6 Å². The van der Waals surface area contributed by atoms with Crippen molar-refractivity contribution in [1.29, 1.82) is 0 Å². The monoisotopic (exact) mass is 549 g/mol. The van der Waals surface area contributed by atoms with Crippen LogP contribution in [0.5, 0.6) is 11.5 Å². The molecular formula is C30H32BrNO4. The summed E-state index contributed by atoms with van der Waals surface area (Å²) in [5.74, 6) is 0.832. The topological polar surface area (TPSA) is 48.0 Å². The molecule has 3 aromatic rings. The van der Waals surface area contributed by atoms with Gasteiger partial charge in [-0.3, -0.25) is 4.79 Å². The highest BCUT2D eigenvalue weighted by atomic mass is 79.9. The lowest BCUT2D eigenvalue weighted by molar-refractivity contribution is -0.145. The van der Waals surface area contributed by atoms with Crippen molar-refractivity contribution in [2.75, 3.05) is 26.7 Å². The van der Waals surface area contributed by atoms with Gasteiger partial charge in [-0.15, -0.1) is 0 Å². The highest BCUT2D eigenvalue weighted by Gasteiger charge is 2.47. The van der Waals surface area contributed by atoms with Crippen LogP contribution in [0.1, 0.15) is 48.0 Å². The SMILES string of the molecule is COc1cc([C@H]2OC(=O)[C@@H](CN3CCCCC3)[C@H]2c2ccccc2Br)ccc1OCc1ccccc1. The zero-order chi connectivity index (χ0) is 24.9. The average Bonchev–Trinajstić information content (AvgIpc) is 3.24. The molecule has 188 valence electrons. The van der Waals surface area contributed by atoms with Crippen molar-refractivity contribution in [3.05, 3.63) is 94.0 Å². The molecule has 3 aromatic carbocycles. The van der Waals surface area contributed by atoms with E-state index in [0.29, 0.717) is 18.1 Å². The number of esters is 1. The molecule has 0 unspecified atom stereocenters. The number of benzene rings is 3. The van der Waals surface area contributed by atoms with Crippen molar-refractivity contribution in [3.8, 4) is 11.5 Å². The third-order valence-electron chi connectivity index (χ3n) is 7.23. The summed E-state index contributed by atoms with van der Waals surface area (Å²) in [6.45, 7) is 3.25. The molecule has 0 N–H and O–H groups in total. The maximum Gasteiger partial charge on any atom is 0.311 e. The van der Waals surface area contributed by atoms with E-state index in [-0.39, 0.29) is 17.8 Å². The first-order valence-corrected chi connectivity index (χ1v) is 13.5. The quantitative estimate of drug-likeness (QED) is 0.299. The Bertz CT molecular complexity index is 1180. The van der Waals surface area contributed by atoms with E-state index in [9.17, 15) is 4.79 Å². The normalized spacial score (nSPS) is 22.3. The summed E-state index contributed by atoms with van der Waals surface area (Å²) in [6.07, 6.45) is 3.24. The van der Waals surface area contributed by atoms with Gasteiger partial charge in [0, 0.05) is 16.9 Å². The van der Waals surface area contributed by atoms with Gasteiger partial charge in [0.2, 0.25) is 0 Å². The lowest BCUT2D eigenvalue weighted by Crippen LogP contribution is -2.37. The smallest absolute Gasteiger partial charge is 0.311 e. The molecule has 0 aromatic heterocycles. The molecule has 0 saturated carbocycles. The molecule has 0 aliphatic carbocycles. The number of piperidine rings is 1. The molecule has 36 heavy (non-hydrogen) atoms. The zero-order valence-corrected chi connectivity index (χ0v) is 22.2. The molecule has 0 amide bonds. The summed E-state index contributed by atoms with van der Waals surface area (Å²) >= 11 is 3.74. The Morgan fingerprint density at radius 3 is 2.44 bits per heavy atom. The number of nitrogens with zero attached hydrogens (tertiary/aromatic N) is 1. The Kier molecular flexibility index (Phi) is 7.93. The minimum absolute atomic E-state index is 0.101. The van der Waals surface area contributed by atoms with Crippen molar-refractivity contribution >= 4 is 21.9 Å². The van der Waals surface area contributed by atoms with Gasteiger partial charge in [0.05, 0.1) is 13.0 Å². The Balaban J connectivity index is 1.43. The van der Waals surface area contributed by atoms with Crippen LogP contribution < -0.4 is 9.47 Å². The summed E-state index contributed by atoms with van der Waals surface area (Å²) in [4.78, 5) is 15.7. The Hall–Kier alpha value is -2.83. The van der Waals surface area contributed by atoms with Gasteiger partial charge in [-0.25, -0.2) is 0 Å². The fourth-order valence-electron chi connectivity index (χ4n) is 5.37. The molecule has 0 spiro atoms. The van der Waals surface area contributed by atoms with E-state index < -0.39 is 6.10 Å². The number of hydrogen-bond donors (Lipinski definition) is 0. The van der Waals surface area contributed by atoms with Gasteiger partial charge in [0.15, 0.2) is 11.5 Å². The summed E-state index contributed by atoms with van der Waals surface area (Å²) in [5, 5.41) is 0. The summed E-state index contributed by atoms with van der Waals surface area (Å²) < 4.78 is 18.9. The first kappa shape index (κ1) is 24.8. The summed E-state index contributed by atoms with van der Waals surface area (Å²) in [5.41, 5.74) is 3.09. The highest BCUT2D eigenvalue weighted by Crippen LogP contribution is 2.49. The first-order valence-electron chi connectivity index (χ1n) is 12.7. The third-order valence-corrected chi connectivity index (χ3v) is 7.95. The third kappa shape index (κ3) is 5.45. The van der Waals surface area contributed by atoms with Crippen LogP contribution in [0.2, 0.25) is 0 Å². The van der Waals surface area contributed by atoms with Gasteiger partial charge in [0.1, 0.15) is 12.7 Å². The maximum absolute atomic E-state index is 13.3. The van der Waals surface area contributed by atoms with Crippen molar-refractivity contribution in [2.24, 2.45) is 5.92 Å². The molecule has 6 heteroatoms. The van der Waals surface area contributed by atoms with Crippen molar-refractivity contribution < 1.29 is 19.0 Å². The van der Waals surface area contributed by atoms with E-state index in [1.165, 1.54) is 19.3 Å². The number of carbonyl (C=O) groups excluding carboxylic acids is 1. The molecule has 2 aliphatic heterocycles. The van der Waals surface area contributed by atoms with Gasteiger partial charge in [-0.2, -0.15) is 0 Å². The van der Waals surface area contributed by atoms with Gasteiger partial charge in [-0.1, -0.05) is 76.9 Å². The lowest BCUT2D eigenvalue weighted by atomic mass is 9.81. The van der Waals surface area contributed by atoms with E-state index in [4.69, 9.17) is 14.2 Å². The molecule has 5 rings (SSSR count). The predicted molar refractivity (Wildman–Crippen MR) is 143 cm³/mol. The van der Waals surface area contributed by atoms with E-state index in [1.54, 1.807) is 7.11 Å². The van der Waals surface area contributed by atoms with Crippen molar-refractivity contribution in [2.45, 2.75) is 37.9 Å². The van der Waals surface area contributed by atoms with Gasteiger partial charge >= 0.3 is 5.97 Å². The Morgan fingerprint density at radius 2 is 1.69 bits per heavy atom. The van der Waals surface area contributed by atoms with Crippen LogP contribution in [0.4, 0.5) is 0 Å². The maximum atomic E-state index is 13.3. The molecule has 0 radical (unpaired) electrons. The molecule has 5 nitrogen and oxygen atoms in total. The second-order valence-electron chi connectivity index (χ2n) is 9.56. The second kappa shape index (κ2) is 11.5. The summed E-state index contributed by atoms with van der Waals surface area (Å²) in [7, 11) is 1.64. The molecule has 2 heterocycles. The zero-order valence-electron chi connectivity index (χ0n) is 20.6. The Labute approximate surface area is 221 Å². The number of ether oxygens (including phenoxy) is 3. The second-order valence-corrected chi connectivity index (χ2v) is 10.4. The number of rotatable bonds is 8. The van der Waals surface area contributed by atoms with Crippen LogP contribution in [0.3, 0.4) is 0 Å². The molecular weight excluding hydrogens is 518 g/mol. The largest absolute Gasteiger partial charge is 0.493 e.